The average Bonchev–Trinajstić information content (AvgIpc) is 3.24. The maximum atomic E-state index is 5.61. The van der Waals surface area contributed by atoms with E-state index in [4.69, 9.17) is 12.2 Å². The summed E-state index contributed by atoms with van der Waals surface area (Å²) in [7, 11) is 2.06. The van der Waals surface area contributed by atoms with Crippen LogP contribution >= 0.6 is 12.2 Å². The van der Waals surface area contributed by atoms with Gasteiger partial charge in [-0.15, -0.1) is 0 Å². The van der Waals surface area contributed by atoms with Gasteiger partial charge in [0.05, 0.1) is 17.8 Å². The summed E-state index contributed by atoms with van der Waals surface area (Å²) >= 11 is 5.61. The van der Waals surface area contributed by atoms with Crippen LogP contribution in [-0.4, -0.2) is 39.7 Å². The van der Waals surface area contributed by atoms with Crippen molar-refractivity contribution in [3.63, 3.8) is 0 Å². The Bertz CT molecular complexity index is 1050. The first-order chi connectivity index (χ1) is 15.0. The van der Waals surface area contributed by atoms with Crippen LogP contribution in [0.1, 0.15) is 48.6 Å². The van der Waals surface area contributed by atoms with E-state index in [0.717, 1.165) is 23.9 Å². The predicted molar refractivity (Wildman–Crippen MR) is 132 cm³/mol. The minimum atomic E-state index is 0.0256. The Balaban J connectivity index is 1.73. The van der Waals surface area contributed by atoms with Crippen LogP contribution in [0.3, 0.4) is 0 Å². The van der Waals surface area contributed by atoms with Crippen molar-refractivity contribution in [2.45, 2.75) is 39.8 Å². The summed E-state index contributed by atoms with van der Waals surface area (Å²) in [6, 6.07) is 17.3. The van der Waals surface area contributed by atoms with Crippen LogP contribution in [-0.2, 0) is 0 Å². The van der Waals surface area contributed by atoms with Gasteiger partial charge in [-0.25, -0.2) is 0 Å². The number of rotatable bonds is 6. The first-order valence-corrected chi connectivity index (χ1v) is 11.4. The molecule has 3 aromatic rings. The summed E-state index contributed by atoms with van der Waals surface area (Å²) in [4.78, 5) is 9.12. The summed E-state index contributed by atoms with van der Waals surface area (Å²) in [5.74, 6) is 0. The van der Waals surface area contributed by atoms with Crippen LogP contribution in [0.25, 0.3) is 5.69 Å². The van der Waals surface area contributed by atoms with E-state index in [-0.39, 0.29) is 12.1 Å². The number of anilines is 1. The summed E-state index contributed by atoms with van der Waals surface area (Å²) in [6.45, 7) is 10.8. The van der Waals surface area contributed by atoms with Gasteiger partial charge in [0, 0.05) is 49.1 Å². The lowest BCUT2D eigenvalue weighted by Gasteiger charge is -2.25. The molecule has 1 aromatic carbocycles. The molecule has 2 atom stereocenters. The van der Waals surface area contributed by atoms with Crippen molar-refractivity contribution < 1.29 is 0 Å². The molecule has 0 aliphatic carbocycles. The number of hydrogen-bond donors (Lipinski definition) is 1. The summed E-state index contributed by atoms with van der Waals surface area (Å²) in [5, 5.41) is 4.24. The standard InChI is InChI=1S/C25H31N5S/c1-6-29(7-2)19-11-13-20(14-12-19)30-17(3)16-21(18(30)4)24-23(27-25(31)28(24)5)22-10-8-9-15-26-22/h8-16,23-24H,6-7H2,1-5H3,(H,27,31)/t23-,24-/m1/s1. The Labute approximate surface area is 190 Å². The number of nitrogens with one attached hydrogen (secondary N) is 1. The SMILES string of the molecule is CCN(CC)c1ccc(-n2c(C)cc([C@@H]3[C@@H](c4ccccn4)NC(=S)N3C)c2C)cc1. The molecule has 6 heteroatoms. The molecule has 0 saturated carbocycles. The highest BCUT2D eigenvalue weighted by Gasteiger charge is 2.39. The van der Waals surface area contributed by atoms with Gasteiger partial charge in [0.1, 0.15) is 0 Å². The highest BCUT2D eigenvalue weighted by molar-refractivity contribution is 7.80. The molecule has 0 unspecified atom stereocenters. The van der Waals surface area contributed by atoms with Gasteiger partial charge in [0.25, 0.3) is 0 Å². The molecular formula is C25H31N5S. The first-order valence-electron chi connectivity index (χ1n) is 10.9. The van der Waals surface area contributed by atoms with E-state index in [9.17, 15) is 0 Å². The molecule has 5 nitrogen and oxygen atoms in total. The molecule has 0 spiro atoms. The van der Waals surface area contributed by atoms with E-state index in [1.54, 1.807) is 0 Å². The number of thiocarbonyl (C=S) groups is 1. The largest absolute Gasteiger partial charge is 0.372 e. The second-order valence-electron chi connectivity index (χ2n) is 8.09. The Hall–Kier alpha value is -2.86. The van der Waals surface area contributed by atoms with E-state index in [1.807, 2.05) is 18.3 Å². The third-order valence-corrected chi connectivity index (χ3v) is 6.77. The molecule has 162 valence electrons. The van der Waals surface area contributed by atoms with Crippen LogP contribution in [0, 0.1) is 13.8 Å². The van der Waals surface area contributed by atoms with Crippen LogP contribution in [0.15, 0.2) is 54.7 Å². The molecule has 0 bridgehead atoms. The van der Waals surface area contributed by atoms with Gasteiger partial charge in [-0.1, -0.05) is 6.07 Å². The van der Waals surface area contributed by atoms with Crippen molar-refractivity contribution in [3.05, 3.63) is 77.4 Å². The fraction of sp³-hybridized carbons (Fsp3) is 0.360. The molecule has 2 aromatic heterocycles. The average molecular weight is 434 g/mol. The predicted octanol–water partition coefficient (Wildman–Crippen LogP) is 4.94. The summed E-state index contributed by atoms with van der Waals surface area (Å²) in [5.41, 5.74) is 7.18. The molecule has 1 aliphatic rings. The molecule has 31 heavy (non-hydrogen) atoms. The van der Waals surface area contributed by atoms with Crippen LogP contribution < -0.4 is 10.2 Å². The summed E-state index contributed by atoms with van der Waals surface area (Å²) < 4.78 is 2.34. The number of nitrogens with zero attached hydrogens (tertiary/aromatic N) is 4. The Morgan fingerprint density at radius 3 is 2.39 bits per heavy atom. The molecule has 1 saturated heterocycles. The zero-order chi connectivity index (χ0) is 22.1. The quantitative estimate of drug-likeness (QED) is 0.558. The highest BCUT2D eigenvalue weighted by Crippen LogP contribution is 2.40. The molecule has 0 amide bonds. The van der Waals surface area contributed by atoms with E-state index in [1.165, 1.54) is 28.3 Å². The smallest absolute Gasteiger partial charge is 0.169 e. The minimum absolute atomic E-state index is 0.0256. The van der Waals surface area contributed by atoms with Gasteiger partial charge in [-0.05, 0) is 87.9 Å². The Morgan fingerprint density at radius 1 is 1.06 bits per heavy atom. The second kappa shape index (κ2) is 8.71. The van der Waals surface area contributed by atoms with Gasteiger partial charge in [-0.2, -0.15) is 0 Å². The molecule has 1 fully saturated rings. The molecule has 1 aliphatic heterocycles. The zero-order valence-corrected chi connectivity index (χ0v) is 19.8. The first kappa shape index (κ1) is 21.4. The lowest BCUT2D eigenvalue weighted by molar-refractivity contribution is 0.367. The lowest BCUT2D eigenvalue weighted by Crippen LogP contribution is -2.25. The number of aryl methyl sites for hydroxylation is 1. The van der Waals surface area contributed by atoms with Gasteiger partial charge in [0.2, 0.25) is 0 Å². The van der Waals surface area contributed by atoms with E-state index < -0.39 is 0 Å². The fourth-order valence-corrected chi connectivity index (χ4v) is 4.97. The number of hydrogen-bond acceptors (Lipinski definition) is 3. The van der Waals surface area contributed by atoms with Crippen molar-refractivity contribution in [2.24, 2.45) is 0 Å². The van der Waals surface area contributed by atoms with E-state index >= 15 is 0 Å². The molecule has 4 rings (SSSR count). The van der Waals surface area contributed by atoms with Crippen molar-refractivity contribution in [3.8, 4) is 5.69 Å². The van der Waals surface area contributed by atoms with Gasteiger partial charge in [0.15, 0.2) is 5.11 Å². The third kappa shape index (κ3) is 3.81. The monoisotopic (exact) mass is 433 g/mol. The number of likely N-dealkylation sites (N-methyl/N-ethyl adjacent to an activating group) is 1. The van der Waals surface area contributed by atoms with Crippen molar-refractivity contribution >= 4 is 23.0 Å². The maximum Gasteiger partial charge on any atom is 0.169 e. The molecule has 1 N–H and O–H groups in total. The Morgan fingerprint density at radius 2 is 1.77 bits per heavy atom. The van der Waals surface area contributed by atoms with Crippen LogP contribution in [0.4, 0.5) is 5.69 Å². The topological polar surface area (TPSA) is 36.3 Å². The van der Waals surface area contributed by atoms with Crippen LogP contribution in [0.5, 0.6) is 0 Å². The number of pyridine rings is 1. The third-order valence-electron chi connectivity index (χ3n) is 6.36. The molecular weight excluding hydrogens is 402 g/mol. The second-order valence-corrected chi connectivity index (χ2v) is 8.47. The van der Waals surface area contributed by atoms with E-state index in [0.29, 0.717) is 0 Å². The van der Waals surface area contributed by atoms with Crippen molar-refractivity contribution in [1.29, 1.82) is 0 Å². The van der Waals surface area contributed by atoms with Crippen molar-refractivity contribution in [1.82, 2.24) is 19.8 Å². The van der Waals surface area contributed by atoms with E-state index in [2.05, 4.69) is 95.8 Å². The number of benzene rings is 1. The minimum Gasteiger partial charge on any atom is -0.372 e. The fourth-order valence-electron chi connectivity index (χ4n) is 4.73. The highest BCUT2D eigenvalue weighted by atomic mass is 32.1. The normalized spacial score (nSPS) is 18.4. The Kier molecular flexibility index (Phi) is 6.01. The van der Waals surface area contributed by atoms with Gasteiger partial charge in [-0.3, -0.25) is 4.98 Å². The maximum absolute atomic E-state index is 5.61. The summed E-state index contributed by atoms with van der Waals surface area (Å²) in [6.07, 6.45) is 1.84. The van der Waals surface area contributed by atoms with Gasteiger partial charge >= 0.3 is 0 Å². The lowest BCUT2D eigenvalue weighted by atomic mass is 9.97. The zero-order valence-electron chi connectivity index (χ0n) is 19.0. The van der Waals surface area contributed by atoms with Crippen LogP contribution in [0.2, 0.25) is 0 Å². The number of aromatic nitrogens is 2. The molecule has 3 heterocycles. The molecule has 0 radical (unpaired) electrons. The van der Waals surface area contributed by atoms with Gasteiger partial charge < -0.3 is 19.7 Å². The van der Waals surface area contributed by atoms with Crippen molar-refractivity contribution in [2.75, 3.05) is 25.0 Å².